The minimum Gasteiger partial charge on any atom is -0.369 e. The van der Waals surface area contributed by atoms with E-state index in [-0.39, 0.29) is 35.7 Å². The van der Waals surface area contributed by atoms with Crippen molar-refractivity contribution in [3.8, 4) is 0 Å². The van der Waals surface area contributed by atoms with Gasteiger partial charge in [0.05, 0.1) is 12.0 Å². The van der Waals surface area contributed by atoms with Crippen LogP contribution in [0.3, 0.4) is 0 Å². The number of hydrogen-bond acceptors (Lipinski definition) is 5. The topological polar surface area (TPSA) is 85.0 Å². The molecule has 1 spiro atoms. The molecule has 4 rings (SSSR count). The fourth-order valence-corrected chi connectivity index (χ4v) is 5.48. The number of halogens is 1. The summed E-state index contributed by atoms with van der Waals surface area (Å²) in [6.07, 6.45) is 3.19. The molecule has 1 atom stereocenters. The molecule has 3 fully saturated rings. The van der Waals surface area contributed by atoms with Crippen LogP contribution in [-0.2, 0) is 14.4 Å². The van der Waals surface area contributed by atoms with Crippen molar-refractivity contribution in [1.82, 2.24) is 20.4 Å². The lowest BCUT2D eigenvalue weighted by atomic mass is 9.75. The maximum atomic E-state index is 12.8. The molecule has 2 N–H and O–H groups in total. The Balaban J connectivity index is 1.20. The van der Waals surface area contributed by atoms with E-state index in [9.17, 15) is 14.4 Å². The van der Waals surface area contributed by atoms with Crippen LogP contribution in [0, 0.1) is 5.41 Å². The maximum Gasteiger partial charge on any atom is 0.241 e. The van der Waals surface area contributed by atoms with Crippen LogP contribution in [0.25, 0.3) is 0 Å². The Morgan fingerprint density at radius 3 is 2.55 bits per heavy atom. The highest BCUT2D eigenvalue weighted by molar-refractivity contribution is 6.30. The highest BCUT2D eigenvalue weighted by Gasteiger charge is 2.48. The second-order valence-corrected chi connectivity index (χ2v) is 9.98. The zero-order chi connectivity index (χ0) is 23.4. The molecule has 1 aromatic carbocycles. The van der Waals surface area contributed by atoms with E-state index >= 15 is 0 Å². The average Bonchev–Trinajstić information content (AvgIpc) is 3.11. The van der Waals surface area contributed by atoms with E-state index in [2.05, 4.69) is 26.5 Å². The number of anilines is 1. The SMILES string of the molecule is CC(=O)NCC(=O)N1CCC2(CC1)C[C@H](CCN1CCN(c3cccc(Cl)c3)CC1)NC2=O. The number of nitrogens with zero attached hydrogens (tertiary/aromatic N) is 3. The Morgan fingerprint density at radius 1 is 1.15 bits per heavy atom. The Labute approximate surface area is 200 Å². The van der Waals surface area contributed by atoms with Gasteiger partial charge in [-0.25, -0.2) is 0 Å². The summed E-state index contributed by atoms with van der Waals surface area (Å²) in [4.78, 5) is 42.7. The molecule has 180 valence electrons. The van der Waals surface area contributed by atoms with Crippen molar-refractivity contribution >= 4 is 35.0 Å². The molecule has 3 aliphatic rings. The molecule has 3 aliphatic heterocycles. The molecule has 0 bridgehead atoms. The number of benzene rings is 1. The minimum absolute atomic E-state index is 0.0295. The van der Waals surface area contributed by atoms with E-state index in [1.807, 2.05) is 18.2 Å². The van der Waals surface area contributed by atoms with Crippen molar-refractivity contribution in [3.05, 3.63) is 29.3 Å². The number of hydrogen-bond donors (Lipinski definition) is 2. The molecule has 33 heavy (non-hydrogen) atoms. The van der Waals surface area contributed by atoms with Gasteiger partial charge in [-0.3, -0.25) is 19.3 Å². The molecule has 0 radical (unpaired) electrons. The van der Waals surface area contributed by atoms with Crippen LogP contribution in [0.4, 0.5) is 5.69 Å². The number of carbonyl (C=O) groups excluding carboxylic acids is 3. The Morgan fingerprint density at radius 2 is 1.88 bits per heavy atom. The highest BCUT2D eigenvalue weighted by Crippen LogP contribution is 2.41. The zero-order valence-corrected chi connectivity index (χ0v) is 20.1. The van der Waals surface area contributed by atoms with Gasteiger partial charge < -0.3 is 20.4 Å². The molecule has 8 nitrogen and oxygen atoms in total. The van der Waals surface area contributed by atoms with Crippen LogP contribution in [0.1, 0.15) is 32.6 Å². The van der Waals surface area contributed by atoms with E-state index in [0.29, 0.717) is 25.9 Å². The fraction of sp³-hybridized carbons (Fsp3) is 0.625. The van der Waals surface area contributed by atoms with Crippen LogP contribution in [0.15, 0.2) is 24.3 Å². The summed E-state index contributed by atoms with van der Waals surface area (Å²) >= 11 is 6.13. The van der Waals surface area contributed by atoms with Crippen LogP contribution >= 0.6 is 11.6 Å². The first-order chi connectivity index (χ1) is 15.8. The van der Waals surface area contributed by atoms with Crippen molar-refractivity contribution in [2.75, 3.05) is 57.3 Å². The van der Waals surface area contributed by atoms with Gasteiger partial charge in [0.2, 0.25) is 17.7 Å². The monoisotopic (exact) mass is 475 g/mol. The molecular formula is C24H34ClN5O3. The smallest absolute Gasteiger partial charge is 0.241 e. The molecule has 9 heteroatoms. The van der Waals surface area contributed by atoms with E-state index in [4.69, 9.17) is 11.6 Å². The van der Waals surface area contributed by atoms with Crippen molar-refractivity contribution < 1.29 is 14.4 Å². The summed E-state index contributed by atoms with van der Waals surface area (Å²) in [5.41, 5.74) is 0.829. The first kappa shape index (κ1) is 23.8. The average molecular weight is 476 g/mol. The maximum absolute atomic E-state index is 12.8. The first-order valence-electron chi connectivity index (χ1n) is 11.9. The molecule has 0 saturated carbocycles. The molecule has 0 aromatic heterocycles. The molecule has 3 saturated heterocycles. The predicted molar refractivity (Wildman–Crippen MR) is 128 cm³/mol. The number of piperidine rings is 1. The summed E-state index contributed by atoms with van der Waals surface area (Å²) in [6.45, 7) is 7.52. The minimum atomic E-state index is -0.347. The second kappa shape index (κ2) is 10.3. The third-order valence-electron chi connectivity index (χ3n) is 7.36. The molecule has 3 amide bonds. The molecule has 3 heterocycles. The van der Waals surface area contributed by atoms with Gasteiger partial charge in [0.15, 0.2) is 0 Å². The van der Waals surface area contributed by atoms with Gasteiger partial charge in [0, 0.05) is 69.5 Å². The van der Waals surface area contributed by atoms with Gasteiger partial charge in [-0.1, -0.05) is 17.7 Å². The molecule has 0 unspecified atom stereocenters. The number of piperazine rings is 1. The van der Waals surface area contributed by atoms with Gasteiger partial charge in [-0.15, -0.1) is 0 Å². The predicted octanol–water partition coefficient (Wildman–Crippen LogP) is 1.49. The largest absolute Gasteiger partial charge is 0.369 e. The summed E-state index contributed by atoms with van der Waals surface area (Å²) in [7, 11) is 0. The quantitative estimate of drug-likeness (QED) is 0.651. The molecular weight excluding hydrogens is 442 g/mol. The summed E-state index contributed by atoms with van der Waals surface area (Å²) in [6, 6.07) is 8.21. The second-order valence-electron chi connectivity index (χ2n) is 9.54. The van der Waals surface area contributed by atoms with E-state index in [0.717, 1.165) is 50.6 Å². The molecule has 0 aliphatic carbocycles. The lowest BCUT2D eigenvalue weighted by Gasteiger charge is -2.38. The highest BCUT2D eigenvalue weighted by atomic mass is 35.5. The van der Waals surface area contributed by atoms with Gasteiger partial charge in [-0.05, 0) is 43.9 Å². The molecule has 1 aromatic rings. The third-order valence-corrected chi connectivity index (χ3v) is 7.59. The number of nitrogens with one attached hydrogen (secondary N) is 2. The fourth-order valence-electron chi connectivity index (χ4n) is 5.30. The van der Waals surface area contributed by atoms with Crippen LogP contribution in [-0.4, -0.2) is 85.9 Å². The summed E-state index contributed by atoms with van der Waals surface area (Å²) in [5.74, 6) is -0.139. The van der Waals surface area contributed by atoms with Gasteiger partial charge in [-0.2, -0.15) is 0 Å². The van der Waals surface area contributed by atoms with Crippen LogP contribution in [0.5, 0.6) is 0 Å². The van der Waals surface area contributed by atoms with E-state index in [1.54, 1.807) is 4.90 Å². The standard InChI is InChI=1S/C24H34ClN5O3/c1-18(31)26-17-22(32)30-9-6-24(7-10-30)16-20(27-23(24)33)5-8-28-11-13-29(14-12-28)21-4-2-3-19(25)15-21/h2-4,15,20H,5-14,16-17H2,1H3,(H,26,31)(H,27,33)/t20-/m0/s1. The van der Waals surface area contributed by atoms with E-state index in [1.165, 1.54) is 12.6 Å². The zero-order valence-electron chi connectivity index (χ0n) is 19.3. The Hall–Kier alpha value is -2.32. The normalized spacial score (nSPS) is 23.0. The number of rotatable bonds is 6. The van der Waals surface area contributed by atoms with Crippen LogP contribution in [0.2, 0.25) is 5.02 Å². The van der Waals surface area contributed by atoms with E-state index < -0.39 is 0 Å². The Bertz CT molecular complexity index is 879. The number of amides is 3. The summed E-state index contributed by atoms with van der Waals surface area (Å²) in [5, 5.41) is 6.55. The van der Waals surface area contributed by atoms with Gasteiger partial charge >= 0.3 is 0 Å². The van der Waals surface area contributed by atoms with Crippen molar-refractivity contribution in [2.24, 2.45) is 5.41 Å². The third kappa shape index (κ3) is 5.79. The van der Waals surface area contributed by atoms with Crippen molar-refractivity contribution in [2.45, 2.75) is 38.6 Å². The summed E-state index contributed by atoms with van der Waals surface area (Å²) < 4.78 is 0. The lowest BCUT2D eigenvalue weighted by molar-refractivity contribution is -0.138. The lowest BCUT2D eigenvalue weighted by Crippen LogP contribution is -2.48. The van der Waals surface area contributed by atoms with Crippen LogP contribution < -0.4 is 15.5 Å². The van der Waals surface area contributed by atoms with Gasteiger partial charge in [0.25, 0.3) is 0 Å². The number of likely N-dealkylation sites (tertiary alicyclic amines) is 1. The van der Waals surface area contributed by atoms with Gasteiger partial charge in [0.1, 0.15) is 0 Å². The Kier molecular flexibility index (Phi) is 7.44. The number of carbonyl (C=O) groups is 3. The first-order valence-corrected chi connectivity index (χ1v) is 12.3. The van der Waals surface area contributed by atoms with Crippen molar-refractivity contribution in [1.29, 1.82) is 0 Å². The van der Waals surface area contributed by atoms with Crippen molar-refractivity contribution in [3.63, 3.8) is 0 Å².